The Hall–Kier alpha value is -0.940. The molecule has 13 heavy (non-hydrogen) atoms. The van der Waals surface area contributed by atoms with Gasteiger partial charge in [0.1, 0.15) is 11.9 Å². The van der Waals surface area contributed by atoms with Crippen LogP contribution in [-0.4, -0.2) is 42.8 Å². The molecule has 1 rings (SSSR count). The lowest BCUT2D eigenvalue weighted by Crippen LogP contribution is -2.47. The van der Waals surface area contributed by atoms with Crippen LogP contribution >= 0.6 is 0 Å². The molecule has 5 nitrogen and oxygen atoms in total. The van der Waals surface area contributed by atoms with Crippen molar-refractivity contribution in [1.82, 2.24) is 0 Å². The summed E-state index contributed by atoms with van der Waals surface area (Å²) < 4.78 is 9.24. The van der Waals surface area contributed by atoms with E-state index in [1.54, 1.807) is 0 Å². The molecule has 0 aromatic heterocycles. The first-order valence-corrected chi connectivity index (χ1v) is 3.90. The number of ether oxygens (including phenoxy) is 2. The van der Waals surface area contributed by atoms with Gasteiger partial charge in [0.05, 0.1) is 7.11 Å². The summed E-state index contributed by atoms with van der Waals surface area (Å²) in [7, 11) is 2.51. The standard InChI is InChI=1S/C8H12O5/c1-12-6-3-5(9)4-8(6,11)7(10)13-2/h6,11H,3-4H2,1-2H3. The van der Waals surface area contributed by atoms with E-state index in [1.165, 1.54) is 7.11 Å². The Morgan fingerprint density at radius 1 is 1.62 bits per heavy atom. The van der Waals surface area contributed by atoms with Crippen molar-refractivity contribution < 1.29 is 24.2 Å². The van der Waals surface area contributed by atoms with Crippen LogP contribution in [-0.2, 0) is 19.1 Å². The lowest BCUT2D eigenvalue weighted by molar-refractivity contribution is -0.173. The van der Waals surface area contributed by atoms with Crippen LogP contribution < -0.4 is 0 Å². The van der Waals surface area contributed by atoms with Crippen molar-refractivity contribution in [3.05, 3.63) is 0 Å². The number of carbonyl (C=O) groups is 2. The van der Waals surface area contributed by atoms with Crippen molar-refractivity contribution in [2.45, 2.75) is 24.5 Å². The molecule has 1 aliphatic carbocycles. The van der Waals surface area contributed by atoms with Crippen LogP contribution in [0.25, 0.3) is 0 Å². The molecule has 0 aromatic carbocycles. The first-order chi connectivity index (χ1) is 6.04. The first kappa shape index (κ1) is 10.1. The first-order valence-electron chi connectivity index (χ1n) is 3.90. The van der Waals surface area contributed by atoms with Gasteiger partial charge in [-0.15, -0.1) is 0 Å². The molecule has 0 spiro atoms. The Morgan fingerprint density at radius 2 is 2.23 bits per heavy atom. The van der Waals surface area contributed by atoms with E-state index in [0.29, 0.717) is 0 Å². The zero-order valence-corrected chi connectivity index (χ0v) is 7.57. The molecule has 0 bridgehead atoms. The van der Waals surface area contributed by atoms with Crippen LogP contribution in [0.15, 0.2) is 0 Å². The van der Waals surface area contributed by atoms with Gasteiger partial charge >= 0.3 is 5.97 Å². The third-order valence-corrected chi connectivity index (χ3v) is 2.24. The number of esters is 1. The fourth-order valence-corrected chi connectivity index (χ4v) is 1.52. The van der Waals surface area contributed by atoms with Gasteiger partial charge in [0, 0.05) is 20.0 Å². The molecule has 1 fully saturated rings. The van der Waals surface area contributed by atoms with Gasteiger partial charge in [-0.05, 0) is 0 Å². The second kappa shape index (κ2) is 3.43. The van der Waals surface area contributed by atoms with Crippen molar-refractivity contribution in [3.63, 3.8) is 0 Å². The molecule has 0 radical (unpaired) electrons. The SMILES string of the molecule is COC(=O)C1(O)CC(=O)CC1OC. The van der Waals surface area contributed by atoms with Gasteiger partial charge in [0.25, 0.3) is 0 Å². The monoisotopic (exact) mass is 188 g/mol. The highest BCUT2D eigenvalue weighted by Crippen LogP contribution is 2.30. The Balaban J connectivity index is 2.87. The van der Waals surface area contributed by atoms with Gasteiger partial charge in [-0.25, -0.2) is 4.79 Å². The minimum absolute atomic E-state index is 0.0576. The molecule has 0 saturated heterocycles. The van der Waals surface area contributed by atoms with Crippen LogP contribution in [0.5, 0.6) is 0 Å². The second-order valence-corrected chi connectivity index (χ2v) is 3.06. The number of hydrogen-bond acceptors (Lipinski definition) is 5. The molecule has 2 atom stereocenters. The molecule has 0 amide bonds. The van der Waals surface area contributed by atoms with Crippen LogP contribution in [0, 0.1) is 0 Å². The summed E-state index contributed by atoms with van der Waals surface area (Å²) in [4.78, 5) is 22.1. The van der Waals surface area contributed by atoms with E-state index >= 15 is 0 Å². The number of aliphatic hydroxyl groups is 1. The van der Waals surface area contributed by atoms with Crippen molar-refractivity contribution >= 4 is 11.8 Å². The lowest BCUT2D eigenvalue weighted by Gasteiger charge is -2.24. The van der Waals surface area contributed by atoms with Gasteiger partial charge < -0.3 is 14.6 Å². The Morgan fingerprint density at radius 3 is 2.69 bits per heavy atom. The largest absolute Gasteiger partial charge is 0.467 e. The van der Waals surface area contributed by atoms with Gasteiger partial charge in [-0.3, -0.25) is 4.79 Å². The molecule has 1 saturated carbocycles. The van der Waals surface area contributed by atoms with Crippen LogP contribution in [0.3, 0.4) is 0 Å². The Labute approximate surface area is 75.6 Å². The maximum absolute atomic E-state index is 11.1. The summed E-state index contributed by atoms with van der Waals surface area (Å²) in [6.07, 6.45) is -0.951. The maximum atomic E-state index is 11.1. The van der Waals surface area contributed by atoms with E-state index in [9.17, 15) is 14.7 Å². The zero-order valence-electron chi connectivity index (χ0n) is 7.57. The summed E-state index contributed by atoms with van der Waals surface area (Å²) in [6, 6.07) is 0. The van der Waals surface area contributed by atoms with Crippen molar-refractivity contribution in [1.29, 1.82) is 0 Å². The number of methoxy groups -OCH3 is 2. The molecule has 5 heteroatoms. The van der Waals surface area contributed by atoms with Crippen molar-refractivity contribution in [3.8, 4) is 0 Å². The normalized spacial score (nSPS) is 33.5. The van der Waals surface area contributed by atoms with Gasteiger partial charge in [-0.1, -0.05) is 0 Å². The zero-order chi connectivity index (χ0) is 10.1. The molecule has 0 heterocycles. The van der Waals surface area contributed by atoms with Gasteiger partial charge in [0.2, 0.25) is 0 Å². The predicted octanol–water partition coefficient (Wildman–Crippen LogP) is -0.732. The van der Waals surface area contributed by atoms with Crippen LogP contribution in [0.2, 0.25) is 0 Å². The van der Waals surface area contributed by atoms with Crippen LogP contribution in [0.4, 0.5) is 0 Å². The lowest BCUT2D eigenvalue weighted by atomic mass is 10.0. The summed E-state index contributed by atoms with van der Waals surface area (Å²) in [6.45, 7) is 0. The molecule has 74 valence electrons. The van der Waals surface area contributed by atoms with Crippen molar-refractivity contribution in [2.24, 2.45) is 0 Å². The average Bonchev–Trinajstić information content (AvgIpc) is 2.40. The molecule has 1 aliphatic rings. The van der Waals surface area contributed by atoms with Crippen molar-refractivity contribution in [2.75, 3.05) is 14.2 Å². The number of Topliss-reactive ketones (excluding diaryl/α,β-unsaturated/α-hetero) is 1. The minimum atomic E-state index is -1.79. The Kier molecular flexibility index (Phi) is 2.68. The molecular weight excluding hydrogens is 176 g/mol. The number of rotatable bonds is 2. The fourth-order valence-electron chi connectivity index (χ4n) is 1.52. The Bertz CT molecular complexity index is 237. The quantitative estimate of drug-likeness (QED) is 0.578. The average molecular weight is 188 g/mol. The van der Waals surface area contributed by atoms with Crippen LogP contribution in [0.1, 0.15) is 12.8 Å². The third kappa shape index (κ3) is 1.57. The highest BCUT2D eigenvalue weighted by Gasteiger charge is 2.52. The molecule has 2 unspecified atom stereocenters. The molecule has 1 N–H and O–H groups in total. The van der Waals surface area contributed by atoms with E-state index in [-0.39, 0.29) is 18.6 Å². The predicted molar refractivity (Wildman–Crippen MR) is 42.0 cm³/mol. The molecule has 0 aromatic rings. The van der Waals surface area contributed by atoms with E-state index in [0.717, 1.165) is 7.11 Å². The summed E-state index contributed by atoms with van der Waals surface area (Å²) in [5.74, 6) is -1.01. The maximum Gasteiger partial charge on any atom is 0.341 e. The topological polar surface area (TPSA) is 72.8 Å². The summed E-state index contributed by atoms with van der Waals surface area (Å²) in [5, 5.41) is 9.77. The van der Waals surface area contributed by atoms with Gasteiger partial charge in [0.15, 0.2) is 5.60 Å². The highest BCUT2D eigenvalue weighted by atomic mass is 16.6. The summed E-state index contributed by atoms with van der Waals surface area (Å²) in [5.41, 5.74) is -1.79. The van der Waals surface area contributed by atoms with E-state index in [1.807, 2.05) is 0 Å². The molecular formula is C8H12O5. The van der Waals surface area contributed by atoms with Gasteiger partial charge in [-0.2, -0.15) is 0 Å². The second-order valence-electron chi connectivity index (χ2n) is 3.06. The van der Waals surface area contributed by atoms with E-state index in [4.69, 9.17) is 4.74 Å². The smallest absolute Gasteiger partial charge is 0.341 e. The fraction of sp³-hybridized carbons (Fsp3) is 0.750. The highest BCUT2D eigenvalue weighted by molar-refractivity contribution is 5.93. The number of hydrogen-bond donors (Lipinski definition) is 1. The third-order valence-electron chi connectivity index (χ3n) is 2.24. The number of carbonyl (C=O) groups excluding carboxylic acids is 2. The van der Waals surface area contributed by atoms with E-state index < -0.39 is 17.7 Å². The molecule has 0 aliphatic heterocycles. The van der Waals surface area contributed by atoms with E-state index in [2.05, 4.69) is 4.74 Å². The number of ketones is 1. The minimum Gasteiger partial charge on any atom is -0.467 e. The summed E-state index contributed by atoms with van der Waals surface area (Å²) >= 11 is 0.